The molecule has 0 aliphatic rings. The summed E-state index contributed by atoms with van der Waals surface area (Å²) in [6, 6.07) is 0. The number of rotatable bonds is 81. The molecule has 0 radical (unpaired) electrons. The van der Waals surface area contributed by atoms with E-state index in [4.69, 9.17) is 37.0 Å². The lowest BCUT2D eigenvalue weighted by atomic mass is 9.99. The third kappa shape index (κ3) is 73.4. The smallest absolute Gasteiger partial charge is 0.462 e. The molecule has 0 saturated heterocycles. The molecule has 17 nitrogen and oxygen atoms in total. The number of ether oxygens (including phenoxy) is 4. The van der Waals surface area contributed by atoms with Crippen LogP contribution < -0.4 is 0 Å². The normalized spacial score (nSPS) is 14.4. The number of esters is 4. The first-order chi connectivity index (χ1) is 48.9. The van der Waals surface area contributed by atoms with Crippen molar-refractivity contribution in [2.45, 2.75) is 452 Å². The second-order valence-electron chi connectivity index (χ2n) is 30.0. The Morgan fingerprint density at radius 1 is 0.277 bits per heavy atom. The van der Waals surface area contributed by atoms with Gasteiger partial charge in [0.2, 0.25) is 0 Å². The second kappa shape index (κ2) is 73.6. The third-order valence-electron chi connectivity index (χ3n) is 19.9. The Labute approximate surface area is 619 Å². The van der Waals surface area contributed by atoms with Crippen molar-refractivity contribution in [2.75, 3.05) is 39.6 Å². The monoisotopic (exact) mass is 1480 g/mol. The van der Waals surface area contributed by atoms with Crippen molar-refractivity contribution in [3.63, 3.8) is 0 Å². The van der Waals surface area contributed by atoms with Crippen molar-refractivity contribution in [2.24, 2.45) is 11.8 Å². The molecule has 0 rings (SSSR count). The lowest BCUT2D eigenvalue weighted by molar-refractivity contribution is -0.161. The summed E-state index contributed by atoms with van der Waals surface area (Å²) in [6.07, 6.45) is 64.1. The molecule has 3 N–H and O–H groups in total. The van der Waals surface area contributed by atoms with Crippen molar-refractivity contribution in [3.05, 3.63) is 0 Å². The van der Waals surface area contributed by atoms with Gasteiger partial charge in [-0.25, -0.2) is 9.13 Å². The Kier molecular flexibility index (Phi) is 72.2. The Morgan fingerprint density at radius 3 is 0.703 bits per heavy atom. The number of aliphatic hydroxyl groups excluding tert-OH is 1. The van der Waals surface area contributed by atoms with Gasteiger partial charge in [-0.15, -0.1) is 0 Å². The standard InChI is InChI=1S/C82H160O17P2/c1-7-11-13-15-17-18-41-48-54-60-66-81(86)98-77(70-92-79(84)64-58-52-44-16-14-12-8-2)72-96-100(88,89)94-68-76(83)69-95-101(90,91)97-73-78(99-82(87)67-61-55-49-43-38-34-30-26-22-20-24-28-32-36-40-46-51-57-63-75(6)10-4)71-93-80(85)65-59-53-47-42-37-33-29-25-21-19-23-27-31-35-39-45-50-56-62-74(5)9-3/h74-78,83H,7-73H2,1-6H3,(H,88,89)(H,90,91)/t74?,75?,76-,77+,78+/m0/s1. The molecule has 101 heavy (non-hydrogen) atoms. The third-order valence-corrected chi connectivity index (χ3v) is 21.8. The van der Waals surface area contributed by atoms with Crippen LogP contribution in [0.15, 0.2) is 0 Å². The Hall–Kier alpha value is -1.94. The highest BCUT2D eigenvalue weighted by atomic mass is 31.2. The van der Waals surface area contributed by atoms with Crippen LogP contribution in [0.4, 0.5) is 0 Å². The van der Waals surface area contributed by atoms with E-state index in [9.17, 15) is 43.2 Å². The van der Waals surface area contributed by atoms with Crippen LogP contribution >= 0.6 is 15.6 Å². The zero-order chi connectivity index (χ0) is 74.2. The minimum absolute atomic E-state index is 0.106. The Morgan fingerprint density at radius 2 is 0.475 bits per heavy atom. The topological polar surface area (TPSA) is 237 Å². The molecule has 7 atom stereocenters. The van der Waals surface area contributed by atoms with Crippen LogP contribution in [-0.2, 0) is 65.4 Å². The number of phosphoric ester groups is 2. The summed E-state index contributed by atoms with van der Waals surface area (Å²) < 4.78 is 68.5. The molecule has 19 heteroatoms. The van der Waals surface area contributed by atoms with E-state index >= 15 is 0 Å². The number of hydrogen-bond donors (Lipinski definition) is 3. The molecule has 0 aliphatic heterocycles. The molecule has 0 aromatic carbocycles. The molecule has 0 amide bonds. The summed E-state index contributed by atoms with van der Waals surface area (Å²) in [7, 11) is -9.91. The maximum absolute atomic E-state index is 13.1. The number of carbonyl (C=O) groups excluding carboxylic acids is 4. The number of phosphoric acid groups is 2. The van der Waals surface area contributed by atoms with Crippen molar-refractivity contribution in [1.82, 2.24) is 0 Å². The highest BCUT2D eigenvalue weighted by Gasteiger charge is 2.30. The first kappa shape index (κ1) is 99.1. The van der Waals surface area contributed by atoms with E-state index in [1.54, 1.807) is 0 Å². The average molecular weight is 1480 g/mol. The average Bonchev–Trinajstić information content (AvgIpc) is 0.954. The molecule has 4 unspecified atom stereocenters. The lowest BCUT2D eigenvalue weighted by Crippen LogP contribution is -2.30. The number of carbonyl (C=O) groups is 4. The van der Waals surface area contributed by atoms with Crippen LogP contribution in [0.3, 0.4) is 0 Å². The summed E-state index contributed by atoms with van der Waals surface area (Å²) in [6.45, 7) is 9.71. The van der Waals surface area contributed by atoms with E-state index in [1.165, 1.54) is 238 Å². The van der Waals surface area contributed by atoms with Gasteiger partial charge in [-0.2, -0.15) is 0 Å². The fourth-order valence-corrected chi connectivity index (χ4v) is 14.2. The summed E-state index contributed by atoms with van der Waals surface area (Å²) >= 11 is 0. The zero-order valence-corrected chi connectivity index (χ0v) is 68.0. The first-order valence-electron chi connectivity index (χ1n) is 42.6. The predicted molar refractivity (Wildman–Crippen MR) is 414 cm³/mol. The maximum atomic E-state index is 13.1. The van der Waals surface area contributed by atoms with Gasteiger partial charge in [0.1, 0.15) is 19.3 Å². The maximum Gasteiger partial charge on any atom is 0.472 e. The molecule has 0 aromatic rings. The van der Waals surface area contributed by atoms with Crippen molar-refractivity contribution < 1.29 is 80.2 Å². The fraction of sp³-hybridized carbons (Fsp3) is 0.951. The van der Waals surface area contributed by atoms with Gasteiger partial charge in [-0.1, -0.05) is 382 Å². The summed E-state index contributed by atoms with van der Waals surface area (Å²) in [5.74, 6) is -0.370. The van der Waals surface area contributed by atoms with E-state index in [2.05, 4.69) is 41.5 Å². The quantitative estimate of drug-likeness (QED) is 0.0222. The zero-order valence-electron chi connectivity index (χ0n) is 66.2. The van der Waals surface area contributed by atoms with Gasteiger partial charge >= 0.3 is 39.5 Å². The van der Waals surface area contributed by atoms with Crippen LogP contribution in [0, 0.1) is 11.8 Å². The molecule has 600 valence electrons. The van der Waals surface area contributed by atoms with Crippen LogP contribution in [0.25, 0.3) is 0 Å². The molecule has 0 bridgehead atoms. The SMILES string of the molecule is CCCCCCCCCCCCC(=O)O[C@H](COC(=O)CCCCCCCCC)COP(=O)(O)OC[C@H](O)COP(=O)(O)OC[C@@H](COC(=O)CCCCCCCCCCCCCCCCCCCCC(C)CC)OC(=O)CCCCCCCCCCCCCCCCCCCCC(C)CC. The van der Waals surface area contributed by atoms with Crippen molar-refractivity contribution in [1.29, 1.82) is 0 Å². The van der Waals surface area contributed by atoms with Crippen molar-refractivity contribution >= 4 is 39.5 Å². The molecule has 0 fully saturated rings. The van der Waals surface area contributed by atoms with E-state index in [0.29, 0.717) is 25.7 Å². The van der Waals surface area contributed by atoms with Gasteiger partial charge in [0.15, 0.2) is 12.2 Å². The van der Waals surface area contributed by atoms with E-state index < -0.39 is 97.5 Å². The van der Waals surface area contributed by atoms with Gasteiger partial charge in [0.25, 0.3) is 0 Å². The van der Waals surface area contributed by atoms with E-state index in [-0.39, 0.29) is 25.7 Å². The van der Waals surface area contributed by atoms with Crippen LogP contribution in [-0.4, -0.2) is 96.7 Å². The summed E-state index contributed by atoms with van der Waals surface area (Å²) in [5, 5.41) is 10.6. The molecule has 0 heterocycles. The van der Waals surface area contributed by atoms with Crippen molar-refractivity contribution in [3.8, 4) is 0 Å². The molecule has 0 spiro atoms. The Bertz CT molecular complexity index is 1950. The number of unbranched alkanes of at least 4 members (excludes halogenated alkanes) is 49. The molecular formula is C82H160O17P2. The fourth-order valence-electron chi connectivity index (χ4n) is 12.6. The van der Waals surface area contributed by atoms with E-state index in [1.807, 2.05) is 0 Å². The minimum Gasteiger partial charge on any atom is -0.462 e. The minimum atomic E-state index is -4.96. The number of hydrogen-bond acceptors (Lipinski definition) is 15. The molecular weight excluding hydrogens is 1320 g/mol. The molecule has 0 saturated carbocycles. The largest absolute Gasteiger partial charge is 0.472 e. The van der Waals surface area contributed by atoms with Gasteiger partial charge in [0.05, 0.1) is 26.4 Å². The van der Waals surface area contributed by atoms with Crippen LogP contribution in [0.5, 0.6) is 0 Å². The van der Waals surface area contributed by atoms with Gasteiger partial charge in [0, 0.05) is 25.7 Å². The van der Waals surface area contributed by atoms with Crippen LogP contribution in [0.1, 0.15) is 433 Å². The molecule has 0 aromatic heterocycles. The van der Waals surface area contributed by atoms with Gasteiger partial charge < -0.3 is 33.8 Å². The van der Waals surface area contributed by atoms with Gasteiger partial charge in [-0.3, -0.25) is 37.3 Å². The summed E-state index contributed by atoms with van der Waals surface area (Å²) in [4.78, 5) is 72.8. The lowest BCUT2D eigenvalue weighted by Gasteiger charge is -2.21. The van der Waals surface area contributed by atoms with Gasteiger partial charge in [-0.05, 0) is 37.5 Å². The van der Waals surface area contributed by atoms with E-state index in [0.717, 1.165) is 115 Å². The first-order valence-corrected chi connectivity index (χ1v) is 45.6. The van der Waals surface area contributed by atoms with Crippen LogP contribution in [0.2, 0.25) is 0 Å². The predicted octanol–water partition coefficient (Wildman–Crippen LogP) is 24.7. The summed E-state index contributed by atoms with van der Waals surface area (Å²) in [5.41, 5.74) is 0. The molecule has 0 aliphatic carbocycles. The highest BCUT2D eigenvalue weighted by molar-refractivity contribution is 7.47. The Balaban J connectivity index is 5.12. The highest BCUT2D eigenvalue weighted by Crippen LogP contribution is 2.45. The second-order valence-corrected chi connectivity index (χ2v) is 32.9. The number of aliphatic hydroxyl groups is 1.